The molecule has 0 amide bonds. The number of aryl methyl sites for hydroxylation is 2. The van der Waals surface area contributed by atoms with Crippen molar-refractivity contribution in [3.8, 4) is 0 Å². The van der Waals surface area contributed by atoms with Crippen molar-refractivity contribution in [2.24, 2.45) is 7.05 Å². The Morgan fingerprint density at radius 1 is 1.62 bits per heavy atom. The quantitative estimate of drug-likeness (QED) is 0.889. The summed E-state index contributed by atoms with van der Waals surface area (Å²) in [6, 6.07) is 0.584. The standard InChI is InChI=1S/C11H16BrN3O/c1-7-11(12)10(15(2)14-7)5-9(16)6-13-8-3-4-8/h8,13H,3-6H2,1-2H3. The number of Topliss-reactive ketones (excluding diaryl/α,β-unsaturated/α-hetero) is 1. The Morgan fingerprint density at radius 2 is 2.31 bits per heavy atom. The zero-order valence-electron chi connectivity index (χ0n) is 9.59. The van der Waals surface area contributed by atoms with Crippen LogP contribution < -0.4 is 5.32 Å². The van der Waals surface area contributed by atoms with Crippen LogP contribution in [0, 0.1) is 6.92 Å². The van der Waals surface area contributed by atoms with E-state index in [0.29, 0.717) is 19.0 Å². The molecule has 1 aliphatic rings. The summed E-state index contributed by atoms with van der Waals surface area (Å²) in [4.78, 5) is 11.7. The first-order valence-corrected chi connectivity index (χ1v) is 6.30. The van der Waals surface area contributed by atoms with E-state index in [1.54, 1.807) is 4.68 Å². The summed E-state index contributed by atoms with van der Waals surface area (Å²) in [7, 11) is 1.87. The van der Waals surface area contributed by atoms with Crippen LogP contribution in [0.25, 0.3) is 0 Å². The zero-order valence-corrected chi connectivity index (χ0v) is 11.2. The van der Waals surface area contributed by atoms with Gasteiger partial charge in [0.25, 0.3) is 0 Å². The summed E-state index contributed by atoms with van der Waals surface area (Å²) in [5, 5.41) is 7.50. The Labute approximate surface area is 104 Å². The molecule has 1 fully saturated rings. The second-order valence-corrected chi connectivity index (χ2v) is 5.13. The molecule has 4 nitrogen and oxygen atoms in total. The van der Waals surface area contributed by atoms with Gasteiger partial charge in [-0.05, 0) is 35.7 Å². The van der Waals surface area contributed by atoms with E-state index < -0.39 is 0 Å². The maximum absolute atomic E-state index is 11.7. The van der Waals surface area contributed by atoms with Gasteiger partial charge >= 0.3 is 0 Å². The highest BCUT2D eigenvalue weighted by atomic mass is 79.9. The number of nitrogens with one attached hydrogen (secondary N) is 1. The van der Waals surface area contributed by atoms with Crippen LogP contribution >= 0.6 is 15.9 Å². The van der Waals surface area contributed by atoms with Crippen molar-refractivity contribution in [1.29, 1.82) is 0 Å². The lowest BCUT2D eigenvalue weighted by atomic mass is 10.2. The third-order valence-corrected chi connectivity index (χ3v) is 3.82. The van der Waals surface area contributed by atoms with E-state index in [2.05, 4.69) is 26.3 Å². The molecule has 2 rings (SSSR count). The number of ketones is 1. The van der Waals surface area contributed by atoms with Crippen LogP contribution in [0.1, 0.15) is 24.2 Å². The van der Waals surface area contributed by atoms with E-state index in [1.165, 1.54) is 12.8 Å². The molecule has 0 aromatic carbocycles. The number of halogens is 1. The van der Waals surface area contributed by atoms with E-state index in [4.69, 9.17) is 0 Å². The van der Waals surface area contributed by atoms with Crippen molar-refractivity contribution in [2.45, 2.75) is 32.2 Å². The van der Waals surface area contributed by atoms with Crippen LogP contribution in [0.15, 0.2) is 4.47 Å². The van der Waals surface area contributed by atoms with E-state index >= 15 is 0 Å². The minimum atomic E-state index is 0.218. The Balaban J connectivity index is 1.93. The van der Waals surface area contributed by atoms with Gasteiger partial charge in [-0.2, -0.15) is 5.10 Å². The SMILES string of the molecule is Cc1nn(C)c(CC(=O)CNC2CC2)c1Br. The lowest BCUT2D eigenvalue weighted by Crippen LogP contribution is -2.26. The highest BCUT2D eigenvalue weighted by Gasteiger charge is 2.22. The normalized spacial score (nSPS) is 15.4. The molecule has 1 heterocycles. The molecule has 1 saturated carbocycles. The molecule has 0 radical (unpaired) electrons. The molecule has 1 aromatic rings. The van der Waals surface area contributed by atoms with E-state index in [9.17, 15) is 4.79 Å². The van der Waals surface area contributed by atoms with Gasteiger partial charge in [-0.3, -0.25) is 9.48 Å². The largest absolute Gasteiger partial charge is 0.307 e. The van der Waals surface area contributed by atoms with Crippen molar-refractivity contribution in [3.63, 3.8) is 0 Å². The molecule has 88 valence electrons. The maximum atomic E-state index is 11.7. The highest BCUT2D eigenvalue weighted by Crippen LogP contribution is 2.21. The van der Waals surface area contributed by atoms with E-state index in [0.717, 1.165) is 15.9 Å². The molecule has 1 N–H and O–H groups in total. The summed E-state index contributed by atoms with van der Waals surface area (Å²) in [6.07, 6.45) is 2.86. The fourth-order valence-corrected chi connectivity index (χ4v) is 2.14. The molecule has 0 saturated heterocycles. The van der Waals surface area contributed by atoms with E-state index in [-0.39, 0.29) is 5.78 Å². The second kappa shape index (κ2) is 4.67. The van der Waals surface area contributed by atoms with E-state index in [1.807, 2.05) is 14.0 Å². The molecule has 0 bridgehead atoms. The average Bonchev–Trinajstić information content (AvgIpc) is 3.01. The summed E-state index contributed by atoms with van der Waals surface area (Å²) in [5.74, 6) is 0.218. The molecule has 0 unspecified atom stereocenters. The highest BCUT2D eigenvalue weighted by molar-refractivity contribution is 9.10. The fourth-order valence-electron chi connectivity index (χ4n) is 1.67. The third kappa shape index (κ3) is 2.71. The third-order valence-electron chi connectivity index (χ3n) is 2.79. The minimum Gasteiger partial charge on any atom is -0.307 e. The predicted octanol–water partition coefficient (Wildman–Crippen LogP) is 1.35. The van der Waals surface area contributed by atoms with Crippen molar-refractivity contribution >= 4 is 21.7 Å². The number of carbonyl (C=O) groups is 1. The van der Waals surface area contributed by atoms with Gasteiger partial charge in [0.05, 0.1) is 28.8 Å². The van der Waals surface area contributed by atoms with Crippen LogP contribution in [0.2, 0.25) is 0 Å². The van der Waals surface area contributed by atoms with Crippen LogP contribution in [0.4, 0.5) is 0 Å². The Kier molecular flexibility index (Phi) is 3.44. The van der Waals surface area contributed by atoms with Crippen molar-refractivity contribution in [2.75, 3.05) is 6.54 Å². The maximum Gasteiger partial charge on any atom is 0.152 e. The number of hydrogen-bond donors (Lipinski definition) is 1. The average molecular weight is 286 g/mol. The molecular weight excluding hydrogens is 270 g/mol. The number of aromatic nitrogens is 2. The summed E-state index contributed by atoms with van der Waals surface area (Å²) in [6.45, 7) is 2.40. The van der Waals surface area contributed by atoms with Crippen molar-refractivity contribution in [1.82, 2.24) is 15.1 Å². The van der Waals surface area contributed by atoms with Gasteiger partial charge in [-0.1, -0.05) is 0 Å². The number of hydrogen-bond acceptors (Lipinski definition) is 3. The Hall–Kier alpha value is -0.680. The molecule has 0 spiro atoms. The van der Waals surface area contributed by atoms with Gasteiger partial charge in [0.2, 0.25) is 0 Å². The van der Waals surface area contributed by atoms with Gasteiger partial charge < -0.3 is 5.32 Å². The molecule has 0 aliphatic heterocycles. The number of rotatable bonds is 5. The molecule has 0 atom stereocenters. The van der Waals surface area contributed by atoms with Gasteiger partial charge in [0, 0.05) is 13.1 Å². The zero-order chi connectivity index (χ0) is 11.7. The van der Waals surface area contributed by atoms with Gasteiger partial charge in [0.15, 0.2) is 5.78 Å². The smallest absolute Gasteiger partial charge is 0.152 e. The first-order chi connectivity index (χ1) is 7.58. The predicted molar refractivity (Wildman–Crippen MR) is 65.4 cm³/mol. The molecule has 1 aromatic heterocycles. The van der Waals surface area contributed by atoms with Crippen molar-refractivity contribution in [3.05, 3.63) is 15.9 Å². The van der Waals surface area contributed by atoms with Crippen LogP contribution in [0.3, 0.4) is 0 Å². The second-order valence-electron chi connectivity index (χ2n) is 4.34. The summed E-state index contributed by atoms with van der Waals surface area (Å²) < 4.78 is 2.73. The molecule has 16 heavy (non-hydrogen) atoms. The summed E-state index contributed by atoms with van der Waals surface area (Å²) in [5.41, 5.74) is 1.89. The van der Waals surface area contributed by atoms with Crippen molar-refractivity contribution < 1.29 is 4.79 Å². The molecule has 5 heteroatoms. The van der Waals surface area contributed by atoms with Gasteiger partial charge in [-0.25, -0.2) is 0 Å². The minimum absolute atomic E-state index is 0.218. The topological polar surface area (TPSA) is 46.9 Å². The monoisotopic (exact) mass is 285 g/mol. The van der Waals surface area contributed by atoms with Crippen LogP contribution in [-0.2, 0) is 18.3 Å². The lowest BCUT2D eigenvalue weighted by molar-refractivity contribution is -0.117. The molecule has 1 aliphatic carbocycles. The Morgan fingerprint density at radius 3 is 2.81 bits per heavy atom. The van der Waals surface area contributed by atoms with Crippen LogP contribution in [-0.4, -0.2) is 28.2 Å². The van der Waals surface area contributed by atoms with Gasteiger partial charge in [0.1, 0.15) is 0 Å². The summed E-state index contributed by atoms with van der Waals surface area (Å²) >= 11 is 3.47. The first kappa shape index (κ1) is 11.8. The first-order valence-electron chi connectivity index (χ1n) is 5.51. The number of nitrogens with zero attached hydrogens (tertiary/aromatic N) is 2. The lowest BCUT2D eigenvalue weighted by Gasteiger charge is -2.03. The molecular formula is C11H16BrN3O. The number of carbonyl (C=O) groups excluding carboxylic acids is 1. The Bertz CT molecular complexity index is 410. The fraction of sp³-hybridized carbons (Fsp3) is 0.636. The van der Waals surface area contributed by atoms with Gasteiger partial charge in [-0.15, -0.1) is 0 Å². The van der Waals surface area contributed by atoms with Crippen LogP contribution in [0.5, 0.6) is 0 Å².